The van der Waals surface area contributed by atoms with Crippen LogP contribution in [0.15, 0.2) is 12.1 Å². The Kier molecular flexibility index (Phi) is 6.46. The molecule has 4 rings (SSSR count). The molecule has 0 aliphatic carbocycles. The molecule has 3 heterocycles. The van der Waals surface area contributed by atoms with E-state index in [1.165, 1.54) is 6.42 Å². The second-order valence-electron chi connectivity index (χ2n) is 7.93. The van der Waals surface area contributed by atoms with E-state index in [1.54, 1.807) is 19.2 Å². The molecule has 2 aliphatic heterocycles. The van der Waals surface area contributed by atoms with Gasteiger partial charge in [0.25, 0.3) is 5.91 Å². The molecule has 2 aliphatic rings. The molecule has 0 unspecified atom stereocenters. The molecule has 1 aromatic heterocycles. The Morgan fingerprint density at radius 2 is 2.07 bits per heavy atom. The van der Waals surface area contributed by atoms with E-state index in [0.717, 1.165) is 56.7 Å². The standard InChI is InChI=1S/C22H29ClN4O3/c1-3-12-30-20-16(23)13-15(14-18(20)29-2)22(28)26-11-7-8-17(26)21-25-24-19-9-5-4-6-10-27(19)21/h13-14,17H,3-12H2,1-2H3/t17-/m1/s1. The maximum atomic E-state index is 13.4. The van der Waals surface area contributed by atoms with Crippen LogP contribution < -0.4 is 9.47 Å². The van der Waals surface area contributed by atoms with Gasteiger partial charge >= 0.3 is 0 Å². The average molecular weight is 433 g/mol. The summed E-state index contributed by atoms with van der Waals surface area (Å²) in [7, 11) is 1.56. The van der Waals surface area contributed by atoms with Gasteiger partial charge in [0, 0.05) is 25.1 Å². The largest absolute Gasteiger partial charge is 0.493 e. The van der Waals surface area contributed by atoms with Crippen molar-refractivity contribution >= 4 is 17.5 Å². The molecule has 0 radical (unpaired) electrons. The van der Waals surface area contributed by atoms with Gasteiger partial charge in [0.1, 0.15) is 5.82 Å². The fourth-order valence-electron chi connectivity index (χ4n) is 4.39. The number of aryl methyl sites for hydroxylation is 1. The molecule has 0 N–H and O–H groups in total. The van der Waals surface area contributed by atoms with Gasteiger partial charge in [-0.1, -0.05) is 24.9 Å². The topological polar surface area (TPSA) is 69.5 Å². The van der Waals surface area contributed by atoms with Gasteiger partial charge in [-0.2, -0.15) is 0 Å². The van der Waals surface area contributed by atoms with Gasteiger partial charge in [0.2, 0.25) is 0 Å². The molecule has 1 fully saturated rings. The number of rotatable bonds is 6. The molecule has 0 spiro atoms. The Labute approximate surface area is 182 Å². The van der Waals surface area contributed by atoms with E-state index in [-0.39, 0.29) is 11.9 Å². The summed E-state index contributed by atoms with van der Waals surface area (Å²) in [5.41, 5.74) is 0.503. The van der Waals surface area contributed by atoms with Crippen LogP contribution in [0.3, 0.4) is 0 Å². The van der Waals surface area contributed by atoms with E-state index in [1.807, 2.05) is 11.8 Å². The van der Waals surface area contributed by atoms with Crippen molar-refractivity contribution in [3.8, 4) is 11.5 Å². The van der Waals surface area contributed by atoms with Crippen LogP contribution in [0.5, 0.6) is 11.5 Å². The van der Waals surface area contributed by atoms with Crippen molar-refractivity contribution in [3.05, 3.63) is 34.4 Å². The number of hydrogen-bond donors (Lipinski definition) is 0. The van der Waals surface area contributed by atoms with Crippen LogP contribution >= 0.6 is 11.6 Å². The normalized spacial score (nSPS) is 18.8. The number of methoxy groups -OCH3 is 1. The van der Waals surface area contributed by atoms with Crippen LogP contribution in [-0.2, 0) is 13.0 Å². The lowest BCUT2D eigenvalue weighted by atomic mass is 10.1. The second-order valence-corrected chi connectivity index (χ2v) is 8.34. The molecule has 1 saturated heterocycles. The summed E-state index contributed by atoms with van der Waals surface area (Å²) in [6.07, 6.45) is 7.15. The van der Waals surface area contributed by atoms with Gasteiger partial charge in [-0.05, 0) is 44.2 Å². The number of amides is 1. The fraction of sp³-hybridized carbons (Fsp3) is 0.591. The number of hydrogen-bond acceptors (Lipinski definition) is 5. The molecule has 1 atom stereocenters. The van der Waals surface area contributed by atoms with Crippen molar-refractivity contribution < 1.29 is 14.3 Å². The zero-order valence-electron chi connectivity index (χ0n) is 17.7. The zero-order valence-corrected chi connectivity index (χ0v) is 18.5. The number of fused-ring (bicyclic) bond motifs is 1. The first kappa shape index (κ1) is 21.0. The highest BCUT2D eigenvalue weighted by molar-refractivity contribution is 6.32. The Bertz CT molecular complexity index is 914. The summed E-state index contributed by atoms with van der Waals surface area (Å²) in [5.74, 6) is 2.86. The third-order valence-electron chi connectivity index (χ3n) is 5.88. The van der Waals surface area contributed by atoms with Gasteiger partial charge in [-0.15, -0.1) is 10.2 Å². The predicted octanol–water partition coefficient (Wildman–Crippen LogP) is 4.43. The maximum Gasteiger partial charge on any atom is 0.254 e. The van der Waals surface area contributed by atoms with Crippen LogP contribution in [0.2, 0.25) is 5.02 Å². The lowest BCUT2D eigenvalue weighted by Gasteiger charge is -2.25. The molecular weight excluding hydrogens is 404 g/mol. The van der Waals surface area contributed by atoms with Crippen LogP contribution in [0.4, 0.5) is 0 Å². The molecule has 1 amide bonds. The Morgan fingerprint density at radius 1 is 1.20 bits per heavy atom. The number of benzene rings is 1. The highest BCUT2D eigenvalue weighted by atomic mass is 35.5. The van der Waals surface area contributed by atoms with Gasteiger partial charge in [0.15, 0.2) is 17.3 Å². The third kappa shape index (κ3) is 4.00. The number of nitrogens with zero attached hydrogens (tertiary/aromatic N) is 4. The second kappa shape index (κ2) is 9.25. The SMILES string of the molecule is CCCOc1c(Cl)cc(C(=O)N2CCC[C@@H]2c2nnc3n2CCCCC3)cc1OC. The minimum Gasteiger partial charge on any atom is -0.493 e. The summed E-state index contributed by atoms with van der Waals surface area (Å²) in [6.45, 7) is 4.19. The van der Waals surface area contributed by atoms with E-state index in [2.05, 4.69) is 14.8 Å². The Morgan fingerprint density at radius 3 is 2.87 bits per heavy atom. The zero-order chi connectivity index (χ0) is 21.1. The van der Waals surface area contributed by atoms with Gasteiger partial charge in [0.05, 0.1) is 24.8 Å². The first-order valence-corrected chi connectivity index (χ1v) is 11.2. The summed E-state index contributed by atoms with van der Waals surface area (Å²) in [5, 5.41) is 9.31. The molecule has 1 aromatic carbocycles. The number of likely N-dealkylation sites (tertiary alicyclic amines) is 1. The quantitative estimate of drug-likeness (QED) is 0.675. The Balaban J connectivity index is 1.61. The predicted molar refractivity (Wildman–Crippen MR) is 114 cm³/mol. The molecule has 0 bridgehead atoms. The van der Waals surface area contributed by atoms with Crippen LogP contribution in [0, 0.1) is 0 Å². The van der Waals surface area contributed by atoms with Crippen LogP contribution in [-0.4, -0.2) is 45.8 Å². The van der Waals surface area contributed by atoms with E-state index in [4.69, 9.17) is 21.1 Å². The van der Waals surface area contributed by atoms with Crippen molar-refractivity contribution in [2.24, 2.45) is 0 Å². The van der Waals surface area contributed by atoms with Crippen molar-refractivity contribution in [1.29, 1.82) is 0 Å². The smallest absolute Gasteiger partial charge is 0.254 e. The van der Waals surface area contributed by atoms with Gasteiger partial charge in [-0.25, -0.2) is 0 Å². The van der Waals surface area contributed by atoms with E-state index in [9.17, 15) is 4.79 Å². The van der Waals surface area contributed by atoms with E-state index < -0.39 is 0 Å². The fourth-order valence-corrected chi connectivity index (χ4v) is 4.65. The third-order valence-corrected chi connectivity index (χ3v) is 6.16. The minimum absolute atomic E-state index is 0.0577. The van der Waals surface area contributed by atoms with Gasteiger partial charge < -0.3 is 18.9 Å². The molecule has 8 heteroatoms. The van der Waals surface area contributed by atoms with Crippen molar-refractivity contribution in [2.75, 3.05) is 20.3 Å². The summed E-state index contributed by atoms with van der Waals surface area (Å²) in [4.78, 5) is 15.4. The van der Waals surface area contributed by atoms with E-state index >= 15 is 0 Å². The number of carbonyl (C=O) groups is 1. The van der Waals surface area contributed by atoms with Crippen molar-refractivity contribution in [3.63, 3.8) is 0 Å². The molecular formula is C22H29ClN4O3. The van der Waals surface area contributed by atoms with Crippen molar-refractivity contribution in [2.45, 2.75) is 64.5 Å². The lowest BCUT2D eigenvalue weighted by Crippen LogP contribution is -2.32. The van der Waals surface area contributed by atoms with E-state index in [0.29, 0.717) is 35.2 Å². The highest BCUT2D eigenvalue weighted by Gasteiger charge is 2.35. The Hall–Kier alpha value is -2.28. The van der Waals surface area contributed by atoms with Crippen molar-refractivity contribution in [1.82, 2.24) is 19.7 Å². The highest BCUT2D eigenvalue weighted by Crippen LogP contribution is 2.39. The average Bonchev–Trinajstić information content (AvgIpc) is 3.32. The number of halogens is 1. The first-order valence-electron chi connectivity index (χ1n) is 10.9. The summed E-state index contributed by atoms with van der Waals surface area (Å²) in [6, 6.07) is 3.34. The summed E-state index contributed by atoms with van der Waals surface area (Å²) >= 11 is 6.45. The number of aromatic nitrogens is 3. The molecule has 30 heavy (non-hydrogen) atoms. The maximum absolute atomic E-state index is 13.4. The minimum atomic E-state index is -0.0642. The monoisotopic (exact) mass is 432 g/mol. The number of carbonyl (C=O) groups excluding carboxylic acids is 1. The number of ether oxygens (including phenoxy) is 2. The molecule has 162 valence electrons. The molecule has 2 aromatic rings. The molecule has 7 nitrogen and oxygen atoms in total. The first-order chi connectivity index (χ1) is 14.6. The van der Waals surface area contributed by atoms with Gasteiger partial charge in [-0.3, -0.25) is 4.79 Å². The lowest BCUT2D eigenvalue weighted by molar-refractivity contribution is 0.0726. The molecule has 0 saturated carbocycles. The van der Waals surface area contributed by atoms with Crippen LogP contribution in [0.1, 0.15) is 73.5 Å². The summed E-state index contributed by atoms with van der Waals surface area (Å²) < 4.78 is 13.4. The van der Waals surface area contributed by atoms with Crippen LogP contribution in [0.25, 0.3) is 0 Å².